The summed E-state index contributed by atoms with van der Waals surface area (Å²) in [6.45, 7) is 0.0120. The van der Waals surface area contributed by atoms with Crippen molar-refractivity contribution < 1.29 is 22.4 Å². The Balaban J connectivity index is 1.81. The van der Waals surface area contributed by atoms with Gasteiger partial charge in [-0.1, -0.05) is 6.07 Å². The highest BCUT2D eigenvalue weighted by atomic mass is 32.1. The first-order valence-electron chi connectivity index (χ1n) is 9.55. The molecular weight excluding hydrogens is 432 g/mol. The van der Waals surface area contributed by atoms with Crippen LogP contribution < -0.4 is 15.5 Å². The normalized spacial score (nSPS) is 20.2. The van der Waals surface area contributed by atoms with Crippen molar-refractivity contribution >= 4 is 29.9 Å². The first kappa shape index (κ1) is 21.5. The van der Waals surface area contributed by atoms with E-state index in [9.17, 15) is 22.4 Å². The van der Waals surface area contributed by atoms with Crippen molar-refractivity contribution in [1.82, 2.24) is 0 Å². The van der Waals surface area contributed by atoms with E-state index in [1.165, 1.54) is 29.2 Å². The molecule has 2 fully saturated rings. The third-order valence-electron chi connectivity index (χ3n) is 5.96. The van der Waals surface area contributed by atoms with Crippen molar-refractivity contribution in [3.8, 4) is 6.07 Å². The molecule has 1 saturated carbocycles. The molecule has 10 heteroatoms. The Morgan fingerprint density at radius 2 is 1.87 bits per heavy atom. The van der Waals surface area contributed by atoms with E-state index in [2.05, 4.69) is 12.6 Å². The third kappa shape index (κ3) is 3.23. The predicted octanol–water partition coefficient (Wildman–Crippen LogP) is 4.16. The number of hydrogen-bond donors (Lipinski definition) is 2. The van der Waals surface area contributed by atoms with E-state index in [-0.39, 0.29) is 12.2 Å². The fraction of sp³-hybridized carbons (Fsp3) is 0.333. The summed E-state index contributed by atoms with van der Waals surface area (Å²) in [4.78, 5) is 16.2. The van der Waals surface area contributed by atoms with Crippen LogP contribution in [0.5, 0.6) is 0 Å². The van der Waals surface area contributed by atoms with Gasteiger partial charge in [0.15, 0.2) is 5.50 Å². The highest BCUT2D eigenvalue weighted by molar-refractivity contribution is 7.81. The number of thiol groups is 1. The van der Waals surface area contributed by atoms with Gasteiger partial charge in [0.25, 0.3) is 5.91 Å². The Bertz CT molecular complexity index is 1090. The van der Waals surface area contributed by atoms with E-state index in [1.54, 1.807) is 11.0 Å². The van der Waals surface area contributed by atoms with E-state index < -0.39 is 40.1 Å². The first-order valence-corrected chi connectivity index (χ1v) is 10.1. The standard InChI is InChI=1S/C21H18F4N4OS/c22-17-9-15(5-3-13(17)11-27)29-19(31)28(18(30)20(29)6-1-7-20)14-4-2-12(10-26)16(8-14)21(23,24)25/h2-5,8-9,19,31H,1,6-7,11,27H2. The van der Waals surface area contributed by atoms with E-state index in [1.807, 2.05) is 0 Å². The highest BCUT2D eigenvalue weighted by Crippen LogP contribution is 2.50. The Morgan fingerprint density at radius 1 is 1.19 bits per heavy atom. The number of hydrogen-bond acceptors (Lipinski definition) is 5. The first-order chi connectivity index (χ1) is 14.6. The Labute approximate surface area is 181 Å². The number of carbonyl (C=O) groups excluding carboxylic acids is 1. The summed E-state index contributed by atoms with van der Waals surface area (Å²) < 4.78 is 54.7. The van der Waals surface area contributed by atoms with Gasteiger partial charge in [0.1, 0.15) is 11.4 Å². The minimum absolute atomic E-state index is 0.0120. The van der Waals surface area contributed by atoms with Gasteiger partial charge in [-0.2, -0.15) is 18.4 Å². The van der Waals surface area contributed by atoms with Crippen LogP contribution in [0.4, 0.5) is 28.9 Å². The topological polar surface area (TPSA) is 73.4 Å². The zero-order valence-corrected chi connectivity index (χ0v) is 17.1. The Kier molecular flexibility index (Phi) is 5.14. The van der Waals surface area contributed by atoms with Gasteiger partial charge in [-0.15, -0.1) is 12.6 Å². The molecule has 5 nitrogen and oxygen atoms in total. The second-order valence-corrected chi connectivity index (χ2v) is 8.06. The minimum Gasteiger partial charge on any atom is -0.327 e. The van der Waals surface area contributed by atoms with Gasteiger partial charge in [-0.3, -0.25) is 9.69 Å². The second kappa shape index (κ2) is 7.43. The lowest BCUT2D eigenvalue weighted by Gasteiger charge is -2.44. The minimum atomic E-state index is -4.76. The number of carbonyl (C=O) groups is 1. The van der Waals surface area contributed by atoms with Crippen LogP contribution >= 0.6 is 12.6 Å². The molecule has 1 aliphatic heterocycles. The predicted molar refractivity (Wildman–Crippen MR) is 110 cm³/mol. The average Bonchev–Trinajstić information content (AvgIpc) is 2.93. The van der Waals surface area contributed by atoms with Gasteiger partial charge in [-0.25, -0.2) is 4.39 Å². The molecule has 2 aromatic rings. The van der Waals surface area contributed by atoms with Gasteiger partial charge in [0.05, 0.1) is 17.2 Å². The quantitative estimate of drug-likeness (QED) is 0.544. The molecule has 1 aliphatic carbocycles. The van der Waals surface area contributed by atoms with Crippen molar-refractivity contribution in [2.45, 2.75) is 43.0 Å². The summed E-state index contributed by atoms with van der Waals surface area (Å²) in [5, 5.41) is 9.03. The van der Waals surface area contributed by atoms with E-state index in [0.29, 0.717) is 24.1 Å². The van der Waals surface area contributed by atoms with Crippen molar-refractivity contribution in [3.63, 3.8) is 0 Å². The lowest BCUT2D eigenvalue weighted by Crippen LogP contribution is -2.55. The molecule has 162 valence electrons. The lowest BCUT2D eigenvalue weighted by atomic mass is 9.75. The lowest BCUT2D eigenvalue weighted by molar-refractivity contribution is -0.137. The SMILES string of the molecule is N#Cc1ccc(N2C(=O)C3(CCC3)N(c3ccc(CN)c(F)c3)C2S)cc1C(F)(F)F. The average molecular weight is 450 g/mol. The number of amides is 1. The fourth-order valence-electron chi connectivity index (χ4n) is 4.23. The molecule has 2 N–H and O–H groups in total. The maximum Gasteiger partial charge on any atom is 0.417 e. The summed E-state index contributed by atoms with van der Waals surface area (Å²) in [5.74, 6) is -0.932. The number of halogens is 4. The van der Waals surface area contributed by atoms with E-state index >= 15 is 0 Å². The number of anilines is 2. The largest absolute Gasteiger partial charge is 0.417 e. The maximum absolute atomic E-state index is 14.4. The molecule has 2 aliphatic rings. The Hall–Kier alpha value is -2.77. The smallest absolute Gasteiger partial charge is 0.327 e. The molecule has 31 heavy (non-hydrogen) atoms. The molecule has 0 bridgehead atoms. The molecule has 1 amide bonds. The number of rotatable bonds is 3. The Morgan fingerprint density at radius 3 is 2.39 bits per heavy atom. The third-order valence-corrected chi connectivity index (χ3v) is 6.42. The fourth-order valence-corrected chi connectivity index (χ4v) is 4.82. The van der Waals surface area contributed by atoms with Gasteiger partial charge >= 0.3 is 6.18 Å². The van der Waals surface area contributed by atoms with Gasteiger partial charge in [-0.05, 0) is 49.6 Å². The van der Waals surface area contributed by atoms with Crippen LogP contribution in [0.3, 0.4) is 0 Å². The second-order valence-electron chi connectivity index (χ2n) is 7.60. The van der Waals surface area contributed by atoms with E-state index in [4.69, 9.17) is 11.0 Å². The monoisotopic (exact) mass is 450 g/mol. The van der Waals surface area contributed by atoms with Gasteiger partial charge < -0.3 is 10.6 Å². The van der Waals surface area contributed by atoms with Crippen LogP contribution in [-0.2, 0) is 17.5 Å². The highest BCUT2D eigenvalue weighted by Gasteiger charge is 2.60. The summed E-state index contributed by atoms with van der Waals surface area (Å²) >= 11 is 4.54. The van der Waals surface area contributed by atoms with Crippen molar-refractivity contribution in [1.29, 1.82) is 5.26 Å². The van der Waals surface area contributed by atoms with Crippen LogP contribution in [0.1, 0.15) is 36.0 Å². The van der Waals surface area contributed by atoms with Crippen LogP contribution in [0, 0.1) is 17.1 Å². The molecule has 4 rings (SSSR count). The van der Waals surface area contributed by atoms with Crippen molar-refractivity contribution in [2.75, 3.05) is 9.80 Å². The number of nitrogens with two attached hydrogens (primary N) is 1. The molecule has 1 unspecified atom stereocenters. The zero-order chi connectivity index (χ0) is 22.6. The molecule has 1 spiro atoms. The molecule has 0 radical (unpaired) electrons. The van der Waals surface area contributed by atoms with Gasteiger partial charge in [0.2, 0.25) is 0 Å². The summed E-state index contributed by atoms with van der Waals surface area (Å²) in [5.41, 5.74) is 2.59. The molecular formula is C21H18F4N4OS. The maximum atomic E-state index is 14.4. The van der Waals surface area contributed by atoms with Crippen LogP contribution in [0.15, 0.2) is 36.4 Å². The molecule has 1 atom stereocenters. The van der Waals surface area contributed by atoms with Crippen LogP contribution in [0.2, 0.25) is 0 Å². The molecule has 2 aromatic carbocycles. The number of nitrogens with zero attached hydrogens (tertiary/aromatic N) is 3. The van der Waals surface area contributed by atoms with Crippen LogP contribution in [0.25, 0.3) is 0 Å². The summed E-state index contributed by atoms with van der Waals surface area (Å²) in [7, 11) is 0. The van der Waals surface area contributed by atoms with Crippen LogP contribution in [-0.4, -0.2) is 16.9 Å². The number of benzene rings is 2. The summed E-state index contributed by atoms with van der Waals surface area (Å²) in [6, 6.07) is 9.07. The van der Waals surface area contributed by atoms with Gasteiger partial charge in [0, 0.05) is 23.5 Å². The molecule has 0 aromatic heterocycles. The number of nitriles is 1. The zero-order valence-electron chi connectivity index (χ0n) is 16.2. The summed E-state index contributed by atoms with van der Waals surface area (Å²) in [6.07, 6.45) is -3.06. The van der Waals surface area contributed by atoms with Crippen molar-refractivity contribution in [2.24, 2.45) is 5.73 Å². The molecule has 1 heterocycles. The van der Waals surface area contributed by atoms with E-state index in [0.717, 1.165) is 18.6 Å². The van der Waals surface area contributed by atoms with Crippen molar-refractivity contribution in [3.05, 3.63) is 58.9 Å². The molecule has 1 saturated heterocycles. The number of alkyl halides is 3.